The van der Waals surface area contributed by atoms with Crippen molar-refractivity contribution in [3.8, 4) is 0 Å². The van der Waals surface area contributed by atoms with Crippen LogP contribution in [0.5, 0.6) is 0 Å². The van der Waals surface area contributed by atoms with Crippen LogP contribution in [0.15, 0.2) is 45.9 Å². The molecule has 2 aromatic rings. The van der Waals surface area contributed by atoms with E-state index in [1.54, 1.807) is 22.6 Å². The van der Waals surface area contributed by atoms with Crippen molar-refractivity contribution in [2.45, 2.75) is 24.8 Å². The van der Waals surface area contributed by atoms with Crippen molar-refractivity contribution >= 4 is 10.0 Å². The lowest BCUT2D eigenvalue weighted by atomic mass is 10.2. The first-order chi connectivity index (χ1) is 11.1. The van der Waals surface area contributed by atoms with Gasteiger partial charge >= 0.3 is 0 Å². The number of hydrogen-bond acceptors (Lipinski definition) is 5. The predicted octanol–water partition coefficient (Wildman–Crippen LogP) is 1.74. The molecule has 124 valence electrons. The number of hydrogen-bond donors (Lipinski definition) is 0. The van der Waals surface area contributed by atoms with Crippen LogP contribution < -0.4 is 0 Å². The number of aromatic nitrogens is 1. The second-order valence-electron chi connectivity index (χ2n) is 5.66. The molecule has 0 aliphatic carbocycles. The first kappa shape index (κ1) is 16.2. The number of aryl methyl sites for hydroxylation is 1. The molecule has 7 heteroatoms. The minimum atomic E-state index is -3.41. The molecule has 6 nitrogen and oxygen atoms in total. The fourth-order valence-electron chi connectivity index (χ4n) is 2.75. The maximum atomic E-state index is 12.8. The van der Waals surface area contributed by atoms with Gasteiger partial charge in [-0.2, -0.15) is 4.31 Å². The molecule has 0 bridgehead atoms. The van der Waals surface area contributed by atoms with Crippen molar-refractivity contribution in [1.29, 1.82) is 0 Å². The third-order valence-electron chi connectivity index (χ3n) is 4.15. The Morgan fingerprint density at radius 2 is 1.96 bits per heavy atom. The number of sulfonamides is 1. The molecule has 1 saturated heterocycles. The molecule has 1 aliphatic heterocycles. The van der Waals surface area contributed by atoms with Gasteiger partial charge in [-0.1, -0.05) is 24.2 Å². The first-order valence-electron chi connectivity index (χ1n) is 7.80. The van der Waals surface area contributed by atoms with Crippen LogP contribution in [0.1, 0.15) is 18.2 Å². The third-order valence-corrected chi connectivity index (χ3v) is 6.04. The molecule has 1 aromatic heterocycles. The minimum absolute atomic E-state index is 0.389. The lowest BCUT2D eigenvalue weighted by molar-refractivity contribution is 0.166. The number of piperazine rings is 1. The molecular weight excluding hydrogens is 314 g/mol. The van der Waals surface area contributed by atoms with Crippen molar-refractivity contribution in [3.63, 3.8) is 0 Å². The molecule has 0 amide bonds. The van der Waals surface area contributed by atoms with Gasteiger partial charge in [0.1, 0.15) is 0 Å². The summed E-state index contributed by atoms with van der Waals surface area (Å²) in [5, 5.41) is 3.69. The zero-order valence-corrected chi connectivity index (χ0v) is 14.0. The lowest BCUT2D eigenvalue weighted by Crippen LogP contribution is -2.48. The lowest BCUT2D eigenvalue weighted by Gasteiger charge is -2.33. The van der Waals surface area contributed by atoms with E-state index in [0.717, 1.165) is 17.7 Å². The van der Waals surface area contributed by atoms with Gasteiger partial charge in [-0.15, -0.1) is 0 Å². The van der Waals surface area contributed by atoms with E-state index in [1.165, 1.54) is 0 Å². The second kappa shape index (κ2) is 6.82. The Balaban J connectivity index is 1.66. The normalized spacial score (nSPS) is 17.4. The largest absolute Gasteiger partial charge is 0.360 e. The summed E-state index contributed by atoms with van der Waals surface area (Å²) in [4.78, 5) is 2.56. The Labute approximate surface area is 136 Å². The van der Waals surface area contributed by atoms with Crippen molar-refractivity contribution in [2.24, 2.45) is 0 Å². The van der Waals surface area contributed by atoms with Crippen LogP contribution in [0.4, 0.5) is 0 Å². The highest BCUT2D eigenvalue weighted by molar-refractivity contribution is 7.89. The molecular formula is C16H21N3O3S. The minimum Gasteiger partial charge on any atom is -0.360 e. The molecule has 3 rings (SSSR count). The molecule has 1 fully saturated rings. The highest BCUT2D eigenvalue weighted by atomic mass is 32.2. The monoisotopic (exact) mass is 335 g/mol. The van der Waals surface area contributed by atoms with E-state index in [2.05, 4.69) is 10.1 Å². The van der Waals surface area contributed by atoms with E-state index in [4.69, 9.17) is 4.52 Å². The summed E-state index contributed by atoms with van der Waals surface area (Å²) in [7, 11) is -3.41. The van der Waals surface area contributed by atoms with Crippen molar-refractivity contribution < 1.29 is 12.9 Å². The molecule has 1 aromatic carbocycles. The van der Waals surface area contributed by atoms with Crippen LogP contribution >= 0.6 is 0 Å². The van der Waals surface area contributed by atoms with Gasteiger partial charge in [-0.3, -0.25) is 4.90 Å². The third kappa shape index (κ3) is 3.63. The molecule has 1 aliphatic rings. The molecule has 0 atom stereocenters. The Kier molecular flexibility index (Phi) is 4.79. The second-order valence-corrected chi connectivity index (χ2v) is 7.60. The summed E-state index contributed by atoms with van der Waals surface area (Å²) in [5.41, 5.74) is 1.04. The molecule has 2 heterocycles. The maximum Gasteiger partial charge on any atom is 0.243 e. The van der Waals surface area contributed by atoms with Crippen LogP contribution in [-0.4, -0.2) is 49.0 Å². The average Bonchev–Trinajstić information content (AvgIpc) is 3.08. The van der Waals surface area contributed by atoms with Crippen LogP contribution in [0, 0.1) is 0 Å². The fraction of sp³-hybridized carbons (Fsp3) is 0.438. The van der Waals surface area contributed by atoms with Crippen LogP contribution in [0.25, 0.3) is 0 Å². The summed E-state index contributed by atoms with van der Waals surface area (Å²) in [5.74, 6) is 0.803. The van der Waals surface area contributed by atoms with Gasteiger partial charge in [0.15, 0.2) is 5.76 Å². The van der Waals surface area contributed by atoms with E-state index in [9.17, 15) is 8.42 Å². The van der Waals surface area contributed by atoms with Crippen LogP contribution in [-0.2, 0) is 23.0 Å². The van der Waals surface area contributed by atoms with Crippen LogP contribution in [0.2, 0.25) is 0 Å². The van der Waals surface area contributed by atoms with Gasteiger partial charge in [-0.05, 0) is 24.1 Å². The van der Waals surface area contributed by atoms with Crippen molar-refractivity contribution in [2.75, 3.05) is 26.2 Å². The molecule has 23 heavy (non-hydrogen) atoms. The molecule has 0 unspecified atom stereocenters. The Morgan fingerprint density at radius 3 is 2.61 bits per heavy atom. The summed E-state index contributed by atoms with van der Waals surface area (Å²) >= 11 is 0. The van der Waals surface area contributed by atoms with Crippen LogP contribution in [0.3, 0.4) is 0 Å². The zero-order chi connectivity index (χ0) is 16.3. The molecule has 0 saturated carbocycles. The summed E-state index contributed by atoms with van der Waals surface area (Å²) in [6, 6.07) is 9.05. The molecule has 0 spiro atoms. The maximum absolute atomic E-state index is 12.8. The number of nitrogens with zero attached hydrogens (tertiary/aromatic N) is 3. The van der Waals surface area contributed by atoms with E-state index in [0.29, 0.717) is 37.6 Å². The predicted molar refractivity (Wildman–Crippen MR) is 86.4 cm³/mol. The Morgan fingerprint density at radius 1 is 1.17 bits per heavy atom. The molecule has 0 radical (unpaired) electrons. The summed E-state index contributed by atoms with van der Waals surface area (Å²) in [6.07, 6.45) is 2.45. The van der Waals surface area contributed by atoms with Gasteiger partial charge < -0.3 is 4.52 Å². The van der Waals surface area contributed by atoms with E-state index in [-0.39, 0.29) is 0 Å². The first-order valence-corrected chi connectivity index (χ1v) is 9.24. The highest BCUT2D eigenvalue weighted by Gasteiger charge is 2.28. The molecule has 0 N–H and O–H groups in total. The van der Waals surface area contributed by atoms with Gasteiger partial charge in [0, 0.05) is 32.2 Å². The van der Waals surface area contributed by atoms with Gasteiger partial charge in [0.05, 0.1) is 17.6 Å². The standard InChI is InChI=1S/C16H21N3O3S/c1-2-14-4-3-5-16(12-14)23(20,21)19-10-8-18(9-11-19)13-15-6-7-17-22-15/h3-7,12H,2,8-11,13H2,1H3. The summed E-state index contributed by atoms with van der Waals surface area (Å²) in [6.45, 7) is 5.05. The van der Waals surface area contributed by atoms with Gasteiger partial charge in [-0.25, -0.2) is 8.42 Å². The zero-order valence-electron chi connectivity index (χ0n) is 13.2. The van der Waals surface area contributed by atoms with Gasteiger partial charge in [0.2, 0.25) is 10.0 Å². The quantitative estimate of drug-likeness (QED) is 0.833. The SMILES string of the molecule is CCc1cccc(S(=O)(=O)N2CCN(Cc3ccno3)CC2)c1. The average molecular weight is 335 g/mol. The Hall–Kier alpha value is -1.70. The van der Waals surface area contributed by atoms with Gasteiger partial charge in [0.25, 0.3) is 0 Å². The fourth-order valence-corrected chi connectivity index (χ4v) is 4.24. The highest BCUT2D eigenvalue weighted by Crippen LogP contribution is 2.19. The number of rotatable bonds is 5. The Bertz CT molecular complexity index is 736. The van der Waals surface area contributed by atoms with E-state index < -0.39 is 10.0 Å². The van der Waals surface area contributed by atoms with E-state index >= 15 is 0 Å². The van der Waals surface area contributed by atoms with Crippen molar-refractivity contribution in [3.05, 3.63) is 47.9 Å². The van der Waals surface area contributed by atoms with E-state index in [1.807, 2.05) is 25.1 Å². The van der Waals surface area contributed by atoms with Crippen molar-refractivity contribution in [1.82, 2.24) is 14.4 Å². The number of benzene rings is 1. The smallest absolute Gasteiger partial charge is 0.243 e. The topological polar surface area (TPSA) is 66.7 Å². The summed E-state index contributed by atoms with van der Waals surface area (Å²) < 4.78 is 32.2.